The smallest absolute Gasteiger partial charge is 0.352 e. The lowest BCUT2D eigenvalue weighted by Gasteiger charge is -2.49. The molecule has 18 heteroatoms. The number of aromatic nitrogens is 3. The highest BCUT2D eigenvalue weighted by atomic mass is 32.2. The summed E-state index contributed by atoms with van der Waals surface area (Å²) >= 11 is 4.80. The molecule has 2 amide bonds. The second kappa shape index (κ2) is 11.4. The molecule has 0 saturated carbocycles. The number of hydrogen-bond acceptors (Lipinski definition) is 15. The van der Waals surface area contributed by atoms with Gasteiger partial charge < -0.3 is 26.1 Å². The summed E-state index contributed by atoms with van der Waals surface area (Å²) in [5, 5.41) is 34.0. The molecule has 5 N–H and O–H groups in total. The molecule has 0 radical (unpaired) electrons. The number of aliphatic carboxylic acids is 1. The Hall–Kier alpha value is -3.22. The molecule has 2 aromatic heterocycles. The molecule has 1 saturated heterocycles. The number of carbonyl (C=O) groups excluding carboxylic acids is 3. The van der Waals surface area contributed by atoms with Gasteiger partial charge in [0.1, 0.15) is 27.8 Å². The van der Waals surface area contributed by atoms with Gasteiger partial charge in [-0.2, -0.15) is 0 Å². The summed E-state index contributed by atoms with van der Waals surface area (Å²) in [6, 6.07) is -1.01. The minimum atomic E-state index is -1.27. The van der Waals surface area contributed by atoms with Crippen LogP contribution in [0.15, 0.2) is 26.1 Å². The third kappa shape index (κ3) is 5.71. The molecule has 0 aromatic carbocycles. The Balaban J connectivity index is 1.42. The maximum Gasteiger partial charge on any atom is 0.352 e. The highest BCUT2D eigenvalue weighted by Crippen LogP contribution is 2.41. The Bertz CT molecular complexity index is 1310. The van der Waals surface area contributed by atoms with Gasteiger partial charge in [-0.15, -0.1) is 33.3 Å². The van der Waals surface area contributed by atoms with Gasteiger partial charge in [0.15, 0.2) is 15.2 Å². The van der Waals surface area contributed by atoms with E-state index in [9.17, 15) is 29.5 Å². The van der Waals surface area contributed by atoms with Crippen molar-refractivity contribution in [2.24, 2.45) is 5.16 Å². The SMILES string of the molecule is CCOC(=O)Cc1nnc(SCC2=C(C(=O)O)N3C(=O)C(NC(=O)C(=NO)c4csc(N)n4)[C@@H]3SC2)s1. The third-order valence-electron chi connectivity index (χ3n) is 5.04. The van der Waals surface area contributed by atoms with Crippen LogP contribution in [0.4, 0.5) is 5.13 Å². The molecule has 2 aliphatic rings. The van der Waals surface area contributed by atoms with Gasteiger partial charge >= 0.3 is 11.9 Å². The van der Waals surface area contributed by atoms with E-state index >= 15 is 0 Å². The van der Waals surface area contributed by atoms with Gasteiger partial charge in [0, 0.05) is 16.9 Å². The molecule has 1 fully saturated rings. The van der Waals surface area contributed by atoms with Crippen molar-refractivity contribution in [3.8, 4) is 0 Å². The molecule has 2 atom stereocenters. The lowest BCUT2D eigenvalue weighted by molar-refractivity contribution is -0.150. The van der Waals surface area contributed by atoms with E-state index in [1.54, 1.807) is 6.92 Å². The van der Waals surface area contributed by atoms with E-state index in [4.69, 9.17) is 10.5 Å². The molecular weight excluding hydrogens is 567 g/mol. The maximum absolute atomic E-state index is 12.9. The van der Waals surface area contributed by atoms with Crippen LogP contribution in [0.2, 0.25) is 0 Å². The lowest BCUT2D eigenvalue weighted by atomic mass is 10.0. The Morgan fingerprint density at radius 3 is 2.81 bits per heavy atom. The number of hydrogen-bond donors (Lipinski definition) is 4. The van der Waals surface area contributed by atoms with Crippen LogP contribution in [0, 0.1) is 0 Å². The predicted molar refractivity (Wildman–Crippen MR) is 136 cm³/mol. The molecule has 14 nitrogen and oxygen atoms in total. The van der Waals surface area contributed by atoms with Gasteiger partial charge in [0.2, 0.25) is 0 Å². The van der Waals surface area contributed by atoms with E-state index in [1.165, 1.54) is 40.2 Å². The summed E-state index contributed by atoms with van der Waals surface area (Å²) < 4.78 is 5.44. The Morgan fingerprint density at radius 1 is 1.38 bits per heavy atom. The van der Waals surface area contributed by atoms with Gasteiger partial charge in [0.05, 0.1) is 13.0 Å². The van der Waals surface area contributed by atoms with E-state index in [0.717, 1.165) is 16.2 Å². The second-order valence-electron chi connectivity index (χ2n) is 7.37. The molecule has 0 bridgehead atoms. The number of carboxylic acids is 1. The first-order valence-electron chi connectivity index (χ1n) is 10.5. The van der Waals surface area contributed by atoms with Crippen molar-refractivity contribution in [3.63, 3.8) is 0 Å². The largest absolute Gasteiger partial charge is 0.477 e. The molecular formula is C19H19N7O7S4. The summed E-state index contributed by atoms with van der Waals surface area (Å²) in [6.07, 6.45) is 0.000615. The Kier molecular flexibility index (Phi) is 8.30. The van der Waals surface area contributed by atoms with E-state index < -0.39 is 40.9 Å². The number of oxime groups is 1. The van der Waals surface area contributed by atoms with Crippen LogP contribution >= 0.6 is 46.2 Å². The summed E-state index contributed by atoms with van der Waals surface area (Å²) in [6.45, 7) is 1.97. The van der Waals surface area contributed by atoms with E-state index in [1.807, 2.05) is 0 Å². The molecule has 0 spiro atoms. The number of amides is 2. The van der Waals surface area contributed by atoms with Crippen molar-refractivity contribution in [1.82, 2.24) is 25.4 Å². The normalized spacial score (nSPS) is 19.3. The topological polar surface area (TPSA) is 210 Å². The fourth-order valence-corrected chi connectivity index (χ4v) is 7.38. The van der Waals surface area contributed by atoms with Gasteiger partial charge in [-0.05, 0) is 12.5 Å². The second-order valence-corrected chi connectivity index (χ2v) is 11.6. The van der Waals surface area contributed by atoms with Crippen LogP contribution in [-0.4, -0.2) is 89.4 Å². The average molecular weight is 586 g/mol. The maximum atomic E-state index is 12.9. The average Bonchev–Trinajstić information content (AvgIpc) is 3.49. The minimum Gasteiger partial charge on any atom is -0.477 e. The number of rotatable bonds is 10. The van der Waals surface area contributed by atoms with E-state index in [-0.39, 0.29) is 35.3 Å². The molecule has 0 aliphatic carbocycles. The zero-order chi connectivity index (χ0) is 26.7. The molecule has 2 aromatic rings. The Labute approximate surface area is 225 Å². The standard InChI is InChI=1S/C19H19N7O7S4/c1-2-33-10(27)3-9-23-24-19(37-9)36-5-7-4-34-16-12(15(29)26(16)13(7)17(30)31)22-14(28)11(25-32)8-6-35-18(20)21-8/h6,12,16,32H,2-5H2,1H3,(H2,20,21)(H,22,28)(H,30,31)/t12?,16-/m0/s1. The highest BCUT2D eigenvalue weighted by molar-refractivity contribution is 8.01. The van der Waals surface area contributed by atoms with Crippen LogP contribution in [0.5, 0.6) is 0 Å². The fourth-order valence-electron chi connectivity index (χ4n) is 3.47. The van der Waals surface area contributed by atoms with Crippen molar-refractivity contribution in [2.75, 3.05) is 23.8 Å². The van der Waals surface area contributed by atoms with Crippen LogP contribution in [0.3, 0.4) is 0 Å². The number of nitrogen functional groups attached to an aromatic ring is 1. The monoisotopic (exact) mass is 585 g/mol. The van der Waals surface area contributed by atoms with Gasteiger partial charge in [0.25, 0.3) is 11.8 Å². The van der Waals surface area contributed by atoms with Crippen molar-refractivity contribution in [2.45, 2.75) is 29.1 Å². The van der Waals surface area contributed by atoms with Crippen LogP contribution in [0.1, 0.15) is 17.6 Å². The summed E-state index contributed by atoms with van der Waals surface area (Å²) in [7, 11) is 0. The molecule has 37 heavy (non-hydrogen) atoms. The number of carboxylic acid groups (broad SMARTS) is 1. The van der Waals surface area contributed by atoms with Gasteiger partial charge in [-0.25, -0.2) is 9.78 Å². The van der Waals surface area contributed by atoms with Gasteiger partial charge in [-0.3, -0.25) is 19.3 Å². The number of nitrogens with zero attached hydrogens (tertiary/aromatic N) is 5. The molecule has 2 aliphatic heterocycles. The number of ether oxygens (including phenoxy) is 1. The number of β-lactam (4-membered cyclic amide) rings is 1. The van der Waals surface area contributed by atoms with Crippen molar-refractivity contribution < 1.29 is 34.2 Å². The number of nitrogens with one attached hydrogen (secondary N) is 1. The van der Waals surface area contributed by atoms with Crippen molar-refractivity contribution in [1.29, 1.82) is 0 Å². The quantitative estimate of drug-likeness (QED) is 0.0743. The van der Waals surface area contributed by atoms with Crippen molar-refractivity contribution >= 4 is 80.8 Å². The molecule has 4 heterocycles. The number of anilines is 1. The zero-order valence-corrected chi connectivity index (χ0v) is 22.2. The van der Waals surface area contributed by atoms with Crippen LogP contribution < -0.4 is 11.1 Å². The number of esters is 1. The van der Waals surface area contributed by atoms with Gasteiger partial charge in [-0.1, -0.05) is 28.3 Å². The molecule has 4 rings (SSSR count). The van der Waals surface area contributed by atoms with Crippen LogP contribution in [0.25, 0.3) is 0 Å². The molecule has 1 unspecified atom stereocenters. The highest BCUT2D eigenvalue weighted by Gasteiger charge is 2.54. The van der Waals surface area contributed by atoms with E-state index in [0.29, 0.717) is 20.7 Å². The zero-order valence-electron chi connectivity index (χ0n) is 18.9. The van der Waals surface area contributed by atoms with Crippen LogP contribution in [-0.2, 0) is 30.3 Å². The van der Waals surface area contributed by atoms with Crippen molar-refractivity contribution in [3.05, 3.63) is 27.4 Å². The lowest BCUT2D eigenvalue weighted by Crippen LogP contribution is -2.71. The number of carbonyl (C=O) groups is 4. The summed E-state index contributed by atoms with van der Waals surface area (Å²) in [5.74, 6) is -2.59. The number of thiazole rings is 1. The minimum absolute atomic E-state index is 0.000615. The first kappa shape index (κ1) is 26.8. The first-order chi connectivity index (χ1) is 17.7. The summed E-state index contributed by atoms with van der Waals surface area (Å²) in [4.78, 5) is 54.2. The first-order valence-corrected chi connectivity index (χ1v) is 14.2. The Morgan fingerprint density at radius 2 is 2.16 bits per heavy atom. The summed E-state index contributed by atoms with van der Waals surface area (Å²) in [5.41, 5.74) is 5.56. The number of fused-ring (bicyclic) bond motifs is 1. The number of nitrogens with two attached hydrogens (primary N) is 1. The van der Waals surface area contributed by atoms with E-state index in [2.05, 4.69) is 25.7 Å². The number of thioether (sulfide) groups is 2. The fraction of sp³-hybridized carbons (Fsp3) is 0.368. The predicted octanol–water partition coefficient (Wildman–Crippen LogP) is 0.392. The third-order valence-corrected chi connectivity index (χ3v) is 9.19. The molecule has 196 valence electrons.